The molecule has 4 heteroatoms. The van der Waals surface area contributed by atoms with Gasteiger partial charge in [0, 0.05) is 23.5 Å². The SMILES string of the molecule is CC(=O)CC1CCCCN1Cc1nc(C)cs1. The number of hydrogen-bond donors (Lipinski definition) is 0. The molecule has 0 bridgehead atoms. The van der Waals surface area contributed by atoms with Crippen molar-refractivity contribution in [1.29, 1.82) is 0 Å². The van der Waals surface area contributed by atoms with Crippen molar-refractivity contribution in [2.45, 2.75) is 52.1 Å². The summed E-state index contributed by atoms with van der Waals surface area (Å²) in [6.45, 7) is 5.75. The van der Waals surface area contributed by atoms with Crippen LogP contribution < -0.4 is 0 Å². The topological polar surface area (TPSA) is 33.2 Å². The van der Waals surface area contributed by atoms with Gasteiger partial charge in [-0.1, -0.05) is 6.42 Å². The van der Waals surface area contributed by atoms with E-state index in [0.29, 0.717) is 18.2 Å². The van der Waals surface area contributed by atoms with Gasteiger partial charge in [0.1, 0.15) is 10.8 Å². The first-order valence-corrected chi connectivity index (χ1v) is 7.17. The molecule has 1 saturated heterocycles. The molecule has 0 aliphatic carbocycles. The van der Waals surface area contributed by atoms with Gasteiger partial charge in [0.15, 0.2) is 0 Å². The minimum Gasteiger partial charge on any atom is -0.300 e. The van der Waals surface area contributed by atoms with E-state index >= 15 is 0 Å². The minimum absolute atomic E-state index is 0.303. The molecule has 0 amide bonds. The molecule has 94 valence electrons. The van der Waals surface area contributed by atoms with E-state index in [1.165, 1.54) is 17.8 Å². The van der Waals surface area contributed by atoms with Gasteiger partial charge >= 0.3 is 0 Å². The summed E-state index contributed by atoms with van der Waals surface area (Å²) in [6, 6.07) is 0.436. The van der Waals surface area contributed by atoms with E-state index in [-0.39, 0.29) is 0 Å². The maximum Gasteiger partial charge on any atom is 0.131 e. The van der Waals surface area contributed by atoms with Crippen LogP contribution in [0, 0.1) is 6.92 Å². The summed E-state index contributed by atoms with van der Waals surface area (Å²) in [6.07, 6.45) is 4.36. The van der Waals surface area contributed by atoms with Crippen LogP contribution in [-0.4, -0.2) is 28.3 Å². The number of Topliss-reactive ketones (excluding diaryl/α,β-unsaturated/α-hetero) is 1. The van der Waals surface area contributed by atoms with Crippen molar-refractivity contribution < 1.29 is 4.79 Å². The minimum atomic E-state index is 0.303. The number of carbonyl (C=O) groups excluding carboxylic acids is 1. The van der Waals surface area contributed by atoms with Gasteiger partial charge < -0.3 is 0 Å². The van der Waals surface area contributed by atoms with Crippen molar-refractivity contribution in [2.24, 2.45) is 0 Å². The van der Waals surface area contributed by atoms with Crippen molar-refractivity contribution in [3.63, 3.8) is 0 Å². The highest BCUT2D eigenvalue weighted by Crippen LogP contribution is 2.23. The largest absolute Gasteiger partial charge is 0.300 e. The molecule has 3 nitrogen and oxygen atoms in total. The van der Waals surface area contributed by atoms with Gasteiger partial charge in [-0.3, -0.25) is 9.69 Å². The second-order valence-corrected chi connectivity index (χ2v) is 5.85. The standard InChI is InChI=1S/C13H20N2OS/c1-10-9-17-13(14-10)8-15-6-4-3-5-12(15)7-11(2)16/h9,12H,3-8H2,1-2H3. The van der Waals surface area contributed by atoms with Crippen LogP contribution in [0.4, 0.5) is 0 Å². The van der Waals surface area contributed by atoms with E-state index in [1.807, 2.05) is 6.92 Å². The Bertz CT molecular complexity index is 389. The third kappa shape index (κ3) is 3.61. The molecule has 2 rings (SSSR count). The number of piperidine rings is 1. The predicted molar refractivity (Wildman–Crippen MR) is 70.2 cm³/mol. The zero-order valence-electron chi connectivity index (χ0n) is 10.6. The van der Waals surface area contributed by atoms with Gasteiger partial charge in [0.05, 0.1) is 6.54 Å². The maximum atomic E-state index is 11.3. The number of rotatable bonds is 4. The highest BCUT2D eigenvalue weighted by Gasteiger charge is 2.24. The molecule has 2 heterocycles. The third-order valence-corrected chi connectivity index (χ3v) is 4.23. The molecule has 0 N–H and O–H groups in total. The first-order valence-electron chi connectivity index (χ1n) is 6.29. The number of aryl methyl sites for hydroxylation is 1. The van der Waals surface area contributed by atoms with Crippen molar-refractivity contribution >= 4 is 17.1 Å². The second-order valence-electron chi connectivity index (χ2n) is 4.91. The second kappa shape index (κ2) is 5.74. The highest BCUT2D eigenvalue weighted by molar-refractivity contribution is 7.09. The van der Waals surface area contributed by atoms with Crippen LogP contribution in [0.25, 0.3) is 0 Å². The number of nitrogens with zero attached hydrogens (tertiary/aromatic N) is 2. The van der Waals surface area contributed by atoms with Crippen LogP contribution in [0.2, 0.25) is 0 Å². The Kier molecular flexibility index (Phi) is 4.29. The lowest BCUT2D eigenvalue weighted by atomic mass is 9.98. The Labute approximate surface area is 107 Å². The Morgan fingerprint density at radius 3 is 3.06 bits per heavy atom. The lowest BCUT2D eigenvalue weighted by molar-refractivity contribution is -0.118. The molecule has 1 aliphatic rings. The van der Waals surface area contributed by atoms with Crippen molar-refractivity contribution in [2.75, 3.05) is 6.54 Å². The molecular weight excluding hydrogens is 232 g/mol. The fourth-order valence-electron chi connectivity index (χ4n) is 2.48. The summed E-state index contributed by atoms with van der Waals surface area (Å²) in [5.41, 5.74) is 1.10. The highest BCUT2D eigenvalue weighted by atomic mass is 32.1. The lowest BCUT2D eigenvalue weighted by Gasteiger charge is -2.34. The van der Waals surface area contributed by atoms with Gasteiger partial charge in [-0.2, -0.15) is 0 Å². The number of carbonyl (C=O) groups is 1. The molecular formula is C13H20N2OS. The zero-order chi connectivity index (χ0) is 12.3. The molecule has 17 heavy (non-hydrogen) atoms. The molecule has 0 spiro atoms. The summed E-state index contributed by atoms with van der Waals surface area (Å²) < 4.78 is 0. The third-order valence-electron chi connectivity index (χ3n) is 3.28. The summed E-state index contributed by atoms with van der Waals surface area (Å²) in [4.78, 5) is 18.2. The first kappa shape index (κ1) is 12.7. The fraction of sp³-hybridized carbons (Fsp3) is 0.692. The molecule has 1 aliphatic heterocycles. The van der Waals surface area contributed by atoms with Crippen LogP contribution in [-0.2, 0) is 11.3 Å². The van der Waals surface area contributed by atoms with Crippen LogP contribution in [0.3, 0.4) is 0 Å². The van der Waals surface area contributed by atoms with Crippen molar-refractivity contribution in [3.8, 4) is 0 Å². The molecule has 0 saturated carbocycles. The smallest absolute Gasteiger partial charge is 0.131 e. The Hall–Kier alpha value is -0.740. The number of thiazole rings is 1. The van der Waals surface area contributed by atoms with E-state index in [1.54, 1.807) is 18.3 Å². The Morgan fingerprint density at radius 1 is 1.59 bits per heavy atom. The van der Waals surface area contributed by atoms with Gasteiger partial charge in [-0.15, -0.1) is 11.3 Å². The number of likely N-dealkylation sites (tertiary alicyclic amines) is 1. The van der Waals surface area contributed by atoms with Crippen LogP contribution >= 0.6 is 11.3 Å². The summed E-state index contributed by atoms with van der Waals surface area (Å²) in [5.74, 6) is 0.303. The van der Waals surface area contributed by atoms with Gasteiger partial charge in [0.2, 0.25) is 0 Å². The summed E-state index contributed by atoms with van der Waals surface area (Å²) in [7, 11) is 0. The van der Waals surface area contributed by atoms with Crippen LogP contribution in [0.15, 0.2) is 5.38 Å². The van der Waals surface area contributed by atoms with E-state index in [9.17, 15) is 4.79 Å². The van der Waals surface area contributed by atoms with E-state index in [2.05, 4.69) is 15.3 Å². The Morgan fingerprint density at radius 2 is 2.41 bits per heavy atom. The Balaban J connectivity index is 1.98. The average Bonchev–Trinajstić information content (AvgIpc) is 2.66. The molecule has 1 aromatic rings. The van der Waals surface area contributed by atoms with E-state index < -0.39 is 0 Å². The van der Waals surface area contributed by atoms with Crippen molar-refractivity contribution in [1.82, 2.24) is 9.88 Å². The summed E-state index contributed by atoms with van der Waals surface area (Å²) in [5, 5.41) is 3.28. The molecule has 0 aromatic carbocycles. The number of ketones is 1. The molecule has 1 unspecified atom stereocenters. The number of hydrogen-bond acceptors (Lipinski definition) is 4. The average molecular weight is 252 g/mol. The summed E-state index contributed by atoms with van der Waals surface area (Å²) >= 11 is 1.73. The van der Waals surface area contributed by atoms with E-state index in [0.717, 1.165) is 25.2 Å². The first-order chi connectivity index (χ1) is 8.15. The normalized spacial score (nSPS) is 21.6. The molecule has 1 aromatic heterocycles. The van der Waals surface area contributed by atoms with Crippen LogP contribution in [0.5, 0.6) is 0 Å². The fourth-order valence-corrected chi connectivity index (χ4v) is 3.28. The lowest BCUT2D eigenvalue weighted by Crippen LogP contribution is -2.39. The molecule has 1 fully saturated rings. The monoisotopic (exact) mass is 252 g/mol. The molecule has 1 atom stereocenters. The van der Waals surface area contributed by atoms with Crippen LogP contribution in [0.1, 0.15) is 43.3 Å². The van der Waals surface area contributed by atoms with Gasteiger partial charge in [-0.25, -0.2) is 4.98 Å². The maximum absolute atomic E-state index is 11.3. The van der Waals surface area contributed by atoms with Crippen molar-refractivity contribution in [3.05, 3.63) is 16.1 Å². The number of aromatic nitrogens is 1. The predicted octanol–water partition coefficient (Wildman–Crippen LogP) is 2.79. The van der Waals surface area contributed by atoms with E-state index in [4.69, 9.17) is 0 Å². The van der Waals surface area contributed by atoms with Gasteiger partial charge in [-0.05, 0) is 33.2 Å². The van der Waals surface area contributed by atoms with Gasteiger partial charge in [0.25, 0.3) is 0 Å². The quantitative estimate of drug-likeness (QED) is 0.826. The molecule has 0 radical (unpaired) electrons. The zero-order valence-corrected chi connectivity index (χ0v) is 11.4.